The molecule has 0 bridgehead atoms. The van der Waals surface area contributed by atoms with Crippen molar-refractivity contribution in [3.05, 3.63) is 45.6 Å². The van der Waals surface area contributed by atoms with Crippen molar-refractivity contribution in [2.24, 2.45) is 12.1 Å². The normalized spacial score (nSPS) is 17.2. The molecule has 0 spiro atoms. The predicted molar refractivity (Wildman–Crippen MR) is 99.4 cm³/mol. The Morgan fingerprint density at radius 3 is 2.64 bits per heavy atom. The first-order chi connectivity index (χ1) is 11.9. The minimum atomic E-state index is -0.404. The van der Waals surface area contributed by atoms with E-state index >= 15 is 0 Å². The van der Waals surface area contributed by atoms with E-state index in [4.69, 9.17) is 0 Å². The Bertz CT molecular complexity index is 1020. The van der Waals surface area contributed by atoms with Crippen molar-refractivity contribution >= 4 is 22.8 Å². The number of aryl methyl sites for hydroxylation is 1. The first-order valence-electron chi connectivity index (χ1n) is 8.18. The lowest BCUT2D eigenvalue weighted by Gasteiger charge is -2.28. The van der Waals surface area contributed by atoms with Crippen LogP contribution >= 0.6 is 0 Å². The fraction of sp³-hybridized carbons (Fsp3) is 0.412. The Morgan fingerprint density at radius 1 is 1.28 bits per heavy atom. The van der Waals surface area contributed by atoms with Crippen LogP contribution in [0.3, 0.4) is 0 Å². The number of aromatic nitrogens is 4. The molecule has 0 amide bonds. The molecular formula is C17H22N6O2. The lowest BCUT2D eigenvalue weighted by molar-refractivity contribution is 0.638. The smallest absolute Gasteiger partial charge is 0.294 e. The Morgan fingerprint density at radius 2 is 2.00 bits per heavy atom. The van der Waals surface area contributed by atoms with Gasteiger partial charge in [0.1, 0.15) is 0 Å². The van der Waals surface area contributed by atoms with Crippen molar-refractivity contribution in [3.8, 4) is 0 Å². The highest BCUT2D eigenvalue weighted by Crippen LogP contribution is 2.29. The molecule has 2 aromatic rings. The van der Waals surface area contributed by atoms with Gasteiger partial charge >= 0.3 is 5.69 Å². The van der Waals surface area contributed by atoms with Crippen molar-refractivity contribution in [1.82, 2.24) is 18.7 Å². The lowest BCUT2D eigenvalue weighted by atomic mass is 10.2. The molecular weight excluding hydrogens is 320 g/mol. The molecule has 1 aliphatic rings. The van der Waals surface area contributed by atoms with Gasteiger partial charge in [-0.05, 0) is 20.8 Å². The summed E-state index contributed by atoms with van der Waals surface area (Å²) in [6.45, 7) is 10.2. The predicted octanol–water partition coefficient (Wildman–Crippen LogP) is 1.42. The van der Waals surface area contributed by atoms with Crippen LogP contribution in [-0.2, 0) is 13.6 Å². The zero-order valence-electron chi connectivity index (χ0n) is 14.9. The summed E-state index contributed by atoms with van der Waals surface area (Å²) in [5.41, 5.74) is 0.890. The van der Waals surface area contributed by atoms with Gasteiger partial charge in [0, 0.05) is 13.6 Å². The second-order valence-electron chi connectivity index (χ2n) is 6.07. The fourth-order valence-corrected chi connectivity index (χ4v) is 3.00. The SMILES string of the molecule is C=CCn1c(=O)c2c(nc3n2C(C)C(C)=NN3C/C=C/C)n(C)c1=O. The molecule has 2 aromatic heterocycles. The van der Waals surface area contributed by atoms with Crippen molar-refractivity contribution in [3.63, 3.8) is 0 Å². The lowest BCUT2D eigenvalue weighted by Crippen LogP contribution is -2.40. The molecule has 8 nitrogen and oxygen atoms in total. The van der Waals surface area contributed by atoms with Gasteiger partial charge in [-0.3, -0.25) is 18.5 Å². The van der Waals surface area contributed by atoms with Gasteiger partial charge in [-0.2, -0.15) is 10.1 Å². The van der Waals surface area contributed by atoms with Crippen LogP contribution in [0.2, 0.25) is 0 Å². The molecule has 0 N–H and O–H groups in total. The number of rotatable bonds is 4. The van der Waals surface area contributed by atoms with E-state index in [9.17, 15) is 9.59 Å². The molecule has 132 valence electrons. The van der Waals surface area contributed by atoms with Gasteiger partial charge in [0.05, 0.1) is 18.3 Å². The molecule has 0 saturated carbocycles. The Labute approximate surface area is 145 Å². The average molecular weight is 342 g/mol. The average Bonchev–Trinajstić information content (AvgIpc) is 3.00. The van der Waals surface area contributed by atoms with E-state index in [-0.39, 0.29) is 18.1 Å². The number of hydrazone groups is 1. The number of imidazole rings is 1. The highest BCUT2D eigenvalue weighted by Gasteiger charge is 2.30. The van der Waals surface area contributed by atoms with Gasteiger partial charge < -0.3 is 0 Å². The maximum atomic E-state index is 13.0. The molecule has 0 aliphatic carbocycles. The zero-order chi connectivity index (χ0) is 18.3. The number of hydrogen-bond donors (Lipinski definition) is 0. The zero-order valence-corrected chi connectivity index (χ0v) is 14.9. The topological polar surface area (TPSA) is 77.4 Å². The minimum Gasteiger partial charge on any atom is -0.294 e. The third kappa shape index (κ3) is 2.45. The summed E-state index contributed by atoms with van der Waals surface area (Å²) in [4.78, 5) is 30.0. The number of anilines is 1. The summed E-state index contributed by atoms with van der Waals surface area (Å²) in [6, 6.07) is -0.121. The maximum absolute atomic E-state index is 13.0. The van der Waals surface area contributed by atoms with Gasteiger partial charge in [0.25, 0.3) is 5.56 Å². The van der Waals surface area contributed by atoms with E-state index in [1.54, 1.807) is 12.1 Å². The molecule has 0 aromatic carbocycles. The van der Waals surface area contributed by atoms with Gasteiger partial charge in [0.2, 0.25) is 5.95 Å². The molecule has 3 heterocycles. The van der Waals surface area contributed by atoms with Crippen LogP contribution in [0.25, 0.3) is 11.2 Å². The molecule has 25 heavy (non-hydrogen) atoms. The summed E-state index contributed by atoms with van der Waals surface area (Å²) in [5, 5.41) is 6.33. The summed E-state index contributed by atoms with van der Waals surface area (Å²) in [6.07, 6.45) is 5.44. The summed E-state index contributed by atoms with van der Waals surface area (Å²) in [5.74, 6) is 0.564. The molecule has 3 rings (SSSR count). The summed E-state index contributed by atoms with van der Waals surface area (Å²) >= 11 is 0. The highest BCUT2D eigenvalue weighted by atomic mass is 16.2. The second kappa shape index (κ2) is 6.19. The van der Waals surface area contributed by atoms with Crippen molar-refractivity contribution < 1.29 is 0 Å². The van der Waals surface area contributed by atoms with Crippen LogP contribution < -0.4 is 16.3 Å². The molecule has 1 atom stereocenters. The first-order valence-corrected chi connectivity index (χ1v) is 8.18. The molecule has 8 heteroatoms. The van der Waals surface area contributed by atoms with Crippen LogP contribution in [0.1, 0.15) is 26.8 Å². The molecule has 0 saturated heterocycles. The largest absolute Gasteiger partial charge is 0.332 e. The number of nitrogens with zero attached hydrogens (tertiary/aromatic N) is 6. The minimum absolute atomic E-state index is 0.121. The molecule has 1 unspecified atom stereocenters. The van der Waals surface area contributed by atoms with Crippen LogP contribution in [-0.4, -0.2) is 30.9 Å². The summed E-state index contributed by atoms with van der Waals surface area (Å²) in [7, 11) is 1.62. The van der Waals surface area contributed by atoms with Crippen molar-refractivity contribution in [2.45, 2.75) is 33.4 Å². The Kier molecular flexibility index (Phi) is 4.20. The Hall–Kier alpha value is -2.90. The molecule has 1 aliphatic heterocycles. The maximum Gasteiger partial charge on any atom is 0.332 e. The highest BCUT2D eigenvalue weighted by molar-refractivity contribution is 5.91. The third-order valence-electron chi connectivity index (χ3n) is 4.48. The van der Waals surface area contributed by atoms with Crippen LogP contribution in [0.4, 0.5) is 5.95 Å². The van der Waals surface area contributed by atoms with Crippen LogP contribution in [0.5, 0.6) is 0 Å². The van der Waals surface area contributed by atoms with E-state index < -0.39 is 5.69 Å². The standard InChI is InChI=1S/C17H22N6O2/c1-6-8-10-22-16-18-14-13(23(16)12(4)11(3)19-22)15(24)21(9-7-2)17(25)20(14)5/h6-8,12H,2,9-10H2,1,3-5H3/b8-6+. The third-order valence-corrected chi connectivity index (χ3v) is 4.48. The first kappa shape index (κ1) is 16.9. The summed E-state index contributed by atoms with van der Waals surface area (Å²) < 4.78 is 4.44. The van der Waals surface area contributed by atoms with Gasteiger partial charge in [-0.15, -0.1) is 6.58 Å². The van der Waals surface area contributed by atoms with Crippen molar-refractivity contribution in [2.75, 3.05) is 11.6 Å². The number of allylic oxidation sites excluding steroid dienone is 2. The van der Waals surface area contributed by atoms with Crippen molar-refractivity contribution in [1.29, 1.82) is 0 Å². The van der Waals surface area contributed by atoms with Gasteiger partial charge in [-0.25, -0.2) is 9.80 Å². The van der Waals surface area contributed by atoms with Crippen LogP contribution in [0, 0.1) is 0 Å². The van der Waals surface area contributed by atoms with E-state index in [0.29, 0.717) is 23.7 Å². The van der Waals surface area contributed by atoms with E-state index in [1.807, 2.05) is 37.5 Å². The molecule has 0 radical (unpaired) electrons. The number of hydrogen-bond acceptors (Lipinski definition) is 5. The van der Waals surface area contributed by atoms with E-state index in [0.717, 1.165) is 5.71 Å². The van der Waals surface area contributed by atoms with Gasteiger partial charge in [-0.1, -0.05) is 18.2 Å². The van der Waals surface area contributed by atoms with Crippen LogP contribution in [0.15, 0.2) is 39.5 Å². The quantitative estimate of drug-likeness (QED) is 0.787. The fourth-order valence-electron chi connectivity index (χ4n) is 3.00. The van der Waals surface area contributed by atoms with E-state index in [2.05, 4.69) is 16.7 Å². The molecule has 0 fully saturated rings. The monoisotopic (exact) mass is 342 g/mol. The number of fused-ring (bicyclic) bond motifs is 3. The second-order valence-corrected chi connectivity index (χ2v) is 6.07. The van der Waals surface area contributed by atoms with Gasteiger partial charge in [0.15, 0.2) is 11.2 Å². The Balaban J connectivity index is 2.39. The van der Waals surface area contributed by atoms with E-state index in [1.165, 1.54) is 15.2 Å².